The molecule has 11 heavy (non-hydrogen) atoms. The predicted molar refractivity (Wildman–Crippen MR) is 46.6 cm³/mol. The Morgan fingerprint density at radius 3 is 2.55 bits per heavy atom. The lowest BCUT2D eigenvalue weighted by molar-refractivity contribution is 0.630. The van der Waals surface area contributed by atoms with Crippen LogP contribution in [0.5, 0.6) is 0 Å². The third-order valence-corrected chi connectivity index (χ3v) is 2.41. The number of benzene rings is 1. The van der Waals surface area contributed by atoms with Gasteiger partial charge in [-0.3, -0.25) is 4.90 Å². The first-order valence-corrected chi connectivity index (χ1v) is 4.05. The van der Waals surface area contributed by atoms with E-state index in [4.69, 9.17) is 0 Å². The Hall–Kier alpha value is -0.820. The van der Waals surface area contributed by atoms with Crippen LogP contribution in [0.1, 0.15) is 17.2 Å². The first-order valence-electron chi connectivity index (χ1n) is 4.05. The zero-order chi connectivity index (χ0) is 7.84. The quantitative estimate of drug-likeness (QED) is 0.549. The van der Waals surface area contributed by atoms with E-state index >= 15 is 0 Å². The summed E-state index contributed by atoms with van der Waals surface area (Å²) in [5, 5.41) is 0. The summed E-state index contributed by atoms with van der Waals surface area (Å²) in [6.07, 6.45) is 0. The molecule has 0 amide bonds. The van der Waals surface area contributed by atoms with Crippen LogP contribution in [-0.4, -0.2) is 18.5 Å². The highest BCUT2D eigenvalue weighted by molar-refractivity contribution is 5.31. The summed E-state index contributed by atoms with van der Waals surface area (Å²) in [7, 11) is 2.16. The third kappa shape index (κ3) is 1.16. The first-order chi connectivity index (χ1) is 5.29. The molecule has 1 heterocycles. The van der Waals surface area contributed by atoms with Gasteiger partial charge >= 0.3 is 0 Å². The van der Waals surface area contributed by atoms with Gasteiger partial charge in [-0.15, -0.1) is 0 Å². The van der Waals surface area contributed by atoms with Crippen molar-refractivity contribution in [3.8, 4) is 0 Å². The molecule has 1 aliphatic heterocycles. The van der Waals surface area contributed by atoms with E-state index in [-0.39, 0.29) is 0 Å². The number of aryl methyl sites for hydroxylation is 1. The SMILES string of the molecule is Cc1ccccc1C1CN1C. The molecule has 1 saturated heterocycles. The summed E-state index contributed by atoms with van der Waals surface area (Å²) in [6, 6.07) is 9.33. The Bertz CT molecular complexity index is 267. The molecule has 0 saturated carbocycles. The molecule has 0 N–H and O–H groups in total. The van der Waals surface area contributed by atoms with Crippen molar-refractivity contribution < 1.29 is 0 Å². The van der Waals surface area contributed by atoms with Gasteiger partial charge in [0, 0.05) is 12.6 Å². The van der Waals surface area contributed by atoms with E-state index in [0.717, 1.165) is 0 Å². The minimum Gasteiger partial charge on any atom is -0.296 e. The van der Waals surface area contributed by atoms with Crippen LogP contribution in [0, 0.1) is 6.92 Å². The molecular weight excluding hydrogens is 134 g/mol. The second kappa shape index (κ2) is 2.35. The summed E-state index contributed by atoms with van der Waals surface area (Å²) in [6.45, 7) is 3.41. The van der Waals surface area contributed by atoms with Crippen molar-refractivity contribution in [2.45, 2.75) is 13.0 Å². The molecule has 1 heteroatoms. The Labute approximate surface area is 67.6 Å². The number of rotatable bonds is 1. The van der Waals surface area contributed by atoms with Crippen LogP contribution in [0.15, 0.2) is 24.3 Å². The molecule has 1 nitrogen and oxygen atoms in total. The Balaban J connectivity index is 2.31. The van der Waals surface area contributed by atoms with Crippen molar-refractivity contribution in [2.24, 2.45) is 0 Å². The van der Waals surface area contributed by atoms with Gasteiger partial charge < -0.3 is 0 Å². The molecule has 0 aromatic heterocycles. The standard InChI is InChI=1S/C10H13N/c1-8-5-3-4-6-9(8)10-7-11(10)2/h3-6,10H,7H2,1-2H3. The van der Waals surface area contributed by atoms with Gasteiger partial charge in [0.05, 0.1) is 0 Å². The smallest absolute Gasteiger partial charge is 0.0475 e. The summed E-state index contributed by atoms with van der Waals surface area (Å²) < 4.78 is 0. The molecule has 2 atom stereocenters. The van der Waals surface area contributed by atoms with Crippen LogP contribution in [0.25, 0.3) is 0 Å². The fourth-order valence-corrected chi connectivity index (χ4v) is 1.52. The lowest BCUT2D eigenvalue weighted by Gasteiger charge is -2.01. The highest BCUT2D eigenvalue weighted by Crippen LogP contribution is 2.33. The van der Waals surface area contributed by atoms with E-state index in [2.05, 4.69) is 43.1 Å². The van der Waals surface area contributed by atoms with Gasteiger partial charge in [-0.25, -0.2) is 0 Å². The monoisotopic (exact) mass is 147 g/mol. The molecule has 0 bridgehead atoms. The fourth-order valence-electron chi connectivity index (χ4n) is 1.52. The minimum absolute atomic E-state index is 0.705. The Morgan fingerprint density at radius 1 is 1.36 bits per heavy atom. The number of nitrogens with zero attached hydrogens (tertiary/aromatic N) is 1. The van der Waals surface area contributed by atoms with Gasteiger partial charge in [0.25, 0.3) is 0 Å². The maximum absolute atomic E-state index is 2.35. The van der Waals surface area contributed by atoms with E-state index in [1.54, 1.807) is 0 Å². The van der Waals surface area contributed by atoms with Crippen molar-refractivity contribution in [1.82, 2.24) is 4.90 Å². The normalized spacial score (nSPS) is 28.5. The Kier molecular flexibility index (Phi) is 1.46. The molecular formula is C10H13N. The van der Waals surface area contributed by atoms with Gasteiger partial charge in [-0.1, -0.05) is 24.3 Å². The van der Waals surface area contributed by atoms with Crippen molar-refractivity contribution in [3.05, 3.63) is 35.4 Å². The molecule has 0 radical (unpaired) electrons. The van der Waals surface area contributed by atoms with Gasteiger partial charge in [0.1, 0.15) is 0 Å². The highest BCUT2D eigenvalue weighted by atomic mass is 15.3. The lowest BCUT2D eigenvalue weighted by atomic mass is 10.1. The molecule has 2 unspecified atom stereocenters. The van der Waals surface area contributed by atoms with E-state index in [1.165, 1.54) is 17.7 Å². The van der Waals surface area contributed by atoms with E-state index in [0.29, 0.717) is 6.04 Å². The number of hydrogen-bond acceptors (Lipinski definition) is 1. The third-order valence-electron chi connectivity index (χ3n) is 2.41. The van der Waals surface area contributed by atoms with E-state index in [1.807, 2.05) is 0 Å². The zero-order valence-corrected chi connectivity index (χ0v) is 7.04. The van der Waals surface area contributed by atoms with Gasteiger partial charge in [0.15, 0.2) is 0 Å². The van der Waals surface area contributed by atoms with Crippen LogP contribution < -0.4 is 0 Å². The molecule has 1 aliphatic rings. The lowest BCUT2D eigenvalue weighted by Crippen LogP contribution is -1.90. The maximum Gasteiger partial charge on any atom is 0.0475 e. The van der Waals surface area contributed by atoms with Crippen molar-refractivity contribution in [2.75, 3.05) is 13.6 Å². The maximum atomic E-state index is 2.35. The average molecular weight is 147 g/mol. The molecule has 0 spiro atoms. The predicted octanol–water partition coefficient (Wildman–Crippen LogP) is 1.98. The molecule has 58 valence electrons. The van der Waals surface area contributed by atoms with Crippen LogP contribution >= 0.6 is 0 Å². The topological polar surface area (TPSA) is 3.01 Å². The van der Waals surface area contributed by atoms with Crippen molar-refractivity contribution in [1.29, 1.82) is 0 Å². The Morgan fingerprint density at radius 2 is 2.00 bits per heavy atom. The van der Waals surface area contributed by atoms with Crippen molar-refractivity contribution in [3.63, 3.8) is 0 Å². The second-order valence-corrected chi connectivity index (χ2v) is 3.31. The largest absolute Gasteiger partial charge is 0.296 e. The summed E-state index contributed by atoms with van der Waals surface area (Å²) in [5.74, 6) is 0. The van der Waals surface area contributed by atoms with Gasteiger partial charge in [-0.2, -0.15) is 0 Å². The zero-order valence-electron chi connectivity index (χ0n) is 7.04. The molecule has 1 fully saturated rings. The van der Waals surface area contributed by atoms with Crippen LogP contribution in [0.2, 0.25) is 0 Å². The minimum atomic E-state index is 0.705. The molecule has 1 aromatic rings. The average Bonchev–Trinajstić information content (AvgIpc) is 2.68. The van der Waals surface area contributed by atoms with Gasteiger partial charge in [0.2, 0.25) is 0 Å². The molecule has 1 aromatic carbocycles. The number of likely N-dealkylation sites (N-methyl/N-ethyl adjacent to an activating group) is 1. The summed E-state index contributed by atoms with van der Waals surface area (Å²) in [5.41, 5.74) is 2.91. The second-order valence-electron chi connectivity index (χ2n) is 3.31. The fraction of sp³-hybridized carbons (Fsp3) is 0.400. The molecule has 0 aliphatic carbocycles. The van der Waals surface area contributed by atoms with Crippen molar-refractivity contribution >= 4 is 0 Å². The van der Waals surface area contributed by atoms with E-state index < -0.39 is 0 Å². The van der Waals surface area contributed by atoms with Crippen LogP contribution in [-0.2, 0) is 0 Å². The number of hydrogen-bond donors (Lipinski definition) is 0. The van der Waals surface area contributed by atoms with Gasteiger partial charge in [-0.05, 0) is 25.1 Å². The first kappa shape index (κ1) is 6.86. The van der Waals surface area contributed by atoms with Crippen LogP contribution in [0.4, 0.5) is 0 Å². The summed E-state index contributed by atoms with van der Waals surface area (Å²) >= 11 is 0. The summed E-state index contributed by atoms with van der Waals surface area (Å²) in [4.78, 5) is 2.35. The highest BCUT2D eigenvalue weighted by Gasteiger charge is 2.31. The molecule has 2 rings (SSSR count). The van der Waals surface area contributed by atoms with E-state index in [9.17, 15) is 0 Å². The van der Waals surface area contributed by atoms with Crippen LogP contribution in [0.3, 0.4) is 0 Å².